The second kappa shape index (κ2) is 11.0. The third-order valence-electron chi connectivity index (χ3n) is 8.87. The topological polar surface area (TPSA) is 233 Å². The van der Waals surface area contributed by atoms with Crippen LogP contribution in [-0.4, -0.2) is 38.0 Å². The Bertz CT molecular complexity index is 2030. The van der Waals surface area contributed by atoms with E-state index in [4.69, 9.17) is 22.5 Å². The number of nitrogens with one attached hydrogen (secondary N) is 2. The standard InChI is InChI=1S/C32H28N6O6S2/c33-29-27(37-35)17-21-5-1-3-7-25(21)31(29,45(39,40)41)23-13-9-19(10-14-23)20-11-15-24(16-12-20)32(46(42,43)44)26-8-4-2-6-22(26)18-28(38-36)30(32)34/h1-18,29-30,35-36H,33-34H2,(H,39,40,41)(H,42,43,44). The molecule has 4 aromatic carbocycles. The first kappa shape index (κ1) is 31.3. The summed E-state index contributed by atoms with van der Waals surface area (Å²) < 4.78 is 69.9. The predicted octanol–water partition coefficient (Wildman–Crippen LogP) is 5.04. The highest BCUT2D eigenvalue weighted by Crippen LogP contribution is 2.49. The highest BCUT2D eigenvalue weighted by Gasteiger charge is 2.56. The van der Waals surface area contributed by atoms with Gasteiger partial charge in [0.1, 0.15) is 0 Å². The van der Waals surface area contributed by atoms with Crippen LogP contribution >= 0.6 is 0 Å². The molecule has 0 aromatic heterocycles. The van der Waals surface area contributed by atoms with E-state index in [1.165, 1.54) is 36.4 Å². The Balaban J connectivity index is 1.46. The van der Waals surface area contributed by atoms with E-state index in [0.29, 0.717) is 22.3 Å². The first-order valence-corrected chi connectivity index (χ1v) is 16.7. The number of hydrogen-bond donors (Lipinski definition) is 6. The van der Waals surface area contributed by atoms with Crippen molar-refractivity contribution >= 4 is 32.4 Å². The zero-order valence-corrected chi connectivity index (χ0v) is 25.6. The highest BCUT2D eigenvalue weighted by molar-refractivity contribution is 7.87. The van der Waals surface area contributed by atoms with Gasteiger partial charge in [0.2, 0.25) is 0 Å². The molecular formula is C32H28N6O6S2. The molecule has 0 saturated heterocycles. The maximum Gasteiger partial charge on any atom is 0.281 e. The van der Waals surface area contributed by atoms with Gasteiger partial charge in [0, 0.05) is 0 Å². The summed E-state index contributed by atoms with van der Waals surface area (Å²) in [6.45, 7) is 0. The Kier molecular flexibility index (Phi) is 7.47. The molecule has 234 valence electrons. The minimum atomic E-state index is -4.93. The quantitative estimate of drug-likeness (QED) is 0.116. The lowest BCUT2D eigenvalue weighted by Gasteiger charge is -2.40. The van der Waals surface area contributed by atoms with Gasteiger partial charge in [-0.15, -0.1) is 0 Å². The number of nitrogens with zero attached hydrogens (tertiary/aromatic N) is 2. The van der Waals surface area contributed by atoms with Crippen LogP contribution in [0.15, 0.2) is 119 Å². The Hall–Kier alpha value is -4.70. The van der Waals surface area contributed by atoms with Crippen molar-refractivity contribution in [3.8, 4) is 11.1 Å². The molecule has 0 radical (unpaired) electrons. The molecule has 2 aliphatic rings. The lowest BCUT2D eigenvalue weighted by molar-refractivity contribution is 0.423. The van der Waals surface area contributed by atoms with Gasteiger partial charge in [-0.05, 0) is 56.7 Å². The zero-order valence-electron chi connectivity index (χ0n) is 23.9. The van der Waals surface area contributed by atoms with E-state index >= 15 is 0 Å². The summed E-state index contributed by atoms with van der Waals surface area (Å²) in [7, 11) is -9.85. The van der Waals surface area contributed by atoms with Crippen LogP contribution in [0.4, 0.5) is 0 Å². The number of rotatable bonds is 7. The number of hydrogen-bond acceptors (Lipinski definition) is 10. The smallest absolute Gasteiger partial charge is 0.281 e. The molecule has 0 heterocycles. The first-order valence-electron chi connectivity index (χ1n) is 13.9. The van der Waals surface area contributed by atoms with Crippen molar-refractivity contribution in [2.75, 3.05) is 0 Å². The van der Waals surface area contributed by atoms with Crippen LogP contribution < -0.4 is 11.5 Å². The van der Waals surface area contributed by atoms with Crippen LogP contribution in [0.25, 0.3) is 23.3 Å². The van der Waals surface area contributed by atoms with Gasteiger partial charge in [-0.3, -0.25) is 9.11 Å². The van der Waals surface area contributed by atoms with E-state index < -0.39 is 41.8 Å². The van der Waals surface area contributed by atoms with Crippen molar-refractivity contribution in [2.24, 2.45) is 21.7 Å². The van der Waals surface area contributed by atoms with Crippen molar-refractivity contribution in [1.29, 1.82) is 11.1 Å². The van der Waals surface area contributed by atoms with Crippen LogP contribution in [0.5, 0.6) is 0 Å². The Morgan fingerprint density at radius 1 is 0.565 bits per heavy atom. The van der Waals surface area contributed by atoms with Crippen LogP contribution in [0.1, 0.15) is 33.4 Å². The monoisotopic (exact) mass is 656 g/mol. The summed E-state index contributed by atoms with van der Waals surface area (Å²) >= 11 is 0. The van der Waals surface area contributed by atoms with E-state index in [1.807, 2.05) is 0 Å². The third-order valence-corrected chi connectivity index (χ3v) is 11.9. The van der Waals surface area contributed by atoms with Crippen LogP contribution in [0, 0.1) is 11.1 Å². The zero-order chi connectivity index (χ0) is 33.1. The van der Waals surface area contributed by atoms with E-state index in [1.54, 1.807) is 72.8 Å². The van der Waals surface area contributed by atoms with Crippen molar-refractivity contribution < 1.29 is 25.9 Å². The molecule has 0 fully saturated rings. The van der Waals surface area contributed by atoms with Crippen LogP contribution in [-0.2, 0) is 29.7 Å². The summed E-state index contributed by atoms with van der Waals surface area (Å²) in [5.74, 6) is 0. The minimum Gasteiger partial charge on any atom is -0.321 e. The fraction of sp³-hybridized carbons (Fsp3) is 0.125. The molecule has 12 nitrogen and oxygen atoms in total. The minimum absolute atomic E-state index is 0.0255. The molecule has 6 rings (SSSR count). The molecule has 46 heavy (non-hydrogen) atoms. The molecule has 4 unspecified atom stereocenters. The third kappa shape index (κ3) is 4.34. The van der Waals surface area contributed by atoms with Crippen molar-refractivity contribution in [1.82, 2.24) is 0 Å². The largest absolute Gasteiger partial charge is 0.321 e. The molecule has 0 bridgehead atoms. The van der Waals surface area contributed by atoms with Gasteiger partial charge in [-0.1, -0.05) is 97.1 Å². The molecular weight excluding hydrogens is 629 g/mol. The van der Waals surface area contributed by atoms with E-state index in [-0.39, 0.29) is 33.6 Å². The van der Waals surface area contributed by atoms with Gasteiger partial charge < -0.3 is 11.5 Å². The maximum absolute atomic E-state index is 13.2. The van der Waals surface area contributed by atoms with Gasteiger partial charge >= 0.3 is 0 Å². The van der Waals surface area contributed by atoms with Gasteiger partial charge in [0.25, 0.3) is 20.2 Å². The molecule has 14 heteroatoms. The second-order valence-corrected chi connectivity index (χ2v) is 14.3. The van der Waals surface area contributed by atoms with E-state index in [9.17, 15) is 25.9 Å². The first-order chi connectivity index (χ1) is 21.8. The number of fused-ring (bicyclic) bond motifs is 2. The predicted molar refractivity (Wildman–Crippen MR) is 172 cm³/mol. The highest BCUT2D eigenvalue weighted by atomic mass is 32.2. The van der Waals surface area contributed by atoms with Crippen LogP contribution in [0.3, 0.4) is 0 Å². The normalized spacial score (nSPS) is 24.2. The molecule has 2 aliphatic carbocycles. The van der Waals surface area contributed by atoms with Gasteiger partial charge in [-0.2, -0.15) is 27.1 Å². The molecule has 8 N–H and O–H groups in total. The van der Waals surface area contributed by atoms with Crippen molar-refractivity contribution in [3.05, 3.63) is 142 Å². The van der Waals surface area contributed by atoms with Crippen molar-refractivity contribution in [3.63, 3.8) is 0 Å². The lowest BCUT2D eigenvalue weighted by Crippen LogP contribution is -2.54. The molecule has 0 saturated carbocycles. The summed E-state index contributed by atoms with van der Waals surface area (Å²) in [4.78, 5) is 0. The van der Waals surface area contributed by atoms with E-state index in [0.717, 1.165) is 0 Å². The van der Waals surface area contributed by atoms with Gasteiger partial charge in [-0.25, -0.2) is 11.1 Å². The molecule has 4 aromatic rings. The fourth-order valence-electron chi connectivity index (χ4n) is 6.76. The van der Waals surface area contributed by atoms with Crippen LogP contribution in [0.2, 0.25) is 0 Å². The summed E-state index contributed by atoms with van der Waals surface area (Å²) in [5.41, 5.74) is 30.9. The summed E-state index contributed by atoms with van der Waals surface area (Å²) in [6.07, 6.45) is 3.03. The van der Waals surface area contributed by atoms with Crippen molar-refractivity contribution in [2.45, 2.75) is 21.6 Å². The molecule has 0 spiro atoms. The average Bonchev–Trinajstić information content (AvgIpc) is 3.03. The average molecular weight is 657 g/mol. The lowest BCUT2D eigenvalue weighted by atomic mass is 9.76. The molecule has 0 aliphatic heterocycles. The SMILES string of the molecule is N=NC1=Cc2ccccc2C(c2ccc(-c3ccc(C4(S(=O)(=O)O)c5ccccc5C=C(N=N)C4N)cc3)cc2)(S(=O)(=O)O)C1N. The number of nitrogens with two attached hydrogens (primary N) is 2. The van der Waals surface area contributed by atoms with E-state index in [2.05, 4.69) is 10.2 Å². The maximum atomic E-state index is 13.2. The Labute approximate surface area is 265 Å². The number of benzene rings is 4. The van der Waals surface area contributed by atoms with Gasteiger partial charge in [0.05, 0.1) is 23.5 Å². The fourth-order valence-corrected chi connectivity index (χ4v) is 9.44. The van der Waals surface area contributed by atoms with Gasteiger partial charge in [0.15, 0.2) is 9.49 Å². The Morgan fingerprint density at radius 3 is 1.20 bits per heavy atom. The summed E-state index contributed by atoms with van der Waals surface area (Å²) in [6, 6.07) is 22.8. The molecule has 0 amide bonds. The second-order valence-electron chi connectivity index (χ2n) is 11.1. The Morgan fingerprint density at radius 2 is 0.891 bits per heavy atom. The summed E-state index contributed by atoms with van der Waals surface area (Å²) in [5, 5.41) is 6.89. The molecule has 4 atom stereocenters.